The van der Waals surface area contributed by atoms with Crippen LogP contribution in [0, 0.1) is 0 Å². The molecule has 1 aromatic heterocycles. The number of aromatic nitrogens is 1. The van der Waals surface area contributed by atoms with Crippen molar-refractivity contribution in [2.24, 2.45) is 0 Å². The summed E-state index contributed by atoms with van der Waals surface area (Å²) in [5.74, 6) is -0.395. The van der Waals surface area contributed by atoms with Gasteiger partial charge in [0.1, 0.15) is 5.92 Å². The predicted octanol–water partition coefficient (Wildman–Crippen LogP) is 2.31. The van der Waals surface area contributed by atoms with Gasteiger partial charge in [-0.25, -0.2) is 0 Å². The molecule has 0 aliphatic carbocycles. The van der Waals surface area contributed by atoms with Gasteiger partial charge in [-0.05, 0) is 13.0 Å². The minimum Gasteiger partial charge on any atom is -0.465 e. The SMILES string of the molecule is CCOC(=O)C1CNc2cnc3ccccc3c21. The second-order valence-corrected chi connectivity index (χ2v) is 4.29. The van der Waals surface area contributed by atoms with Gasteiger partial charge in [0, 0.05) is 17.5 Å². The van der Waals surface area contributed by atoms with Gasteiger partial charge in [0.2, 0.25) is 0 Å². The molecule has 3 rings (SSSR count). The Morgan fingerprint density at radius 2 is 2.33 bits per heavy atom. The summed E-state index contributed by atoms with van der Waals surface area (Å²) in [5.41, 5.74) is 2.86. The molecule has 4 heteroatoms. The number of rotatable bonds is 2. The maximum Gasteiger partial charge on any atom is 0.315 e. The van der Waals surface area contributed by atoms with Crippen molar-refractivity contribution in [3.63, 3.8) is 0 Å². The second-order valence-electron chi connectivity index (χ2n) is 4.29. The molecule has 2 aromatic rings. The summed E-state index contributed by atoms with van der Waals surface area (Å²) in [4.78, 5) is 16.3. The molecule has 1 N–H and O–H groups in total. The molecule has 0 spiro atoms. The van der Waals surface area contributed by atoms with E-state index in [4.69, 9.17) is 4.74 Å². The fourth-order valence-electron chi connectivity index (χ4n) is 2.44. The van der Waals surface area contributed by atoms with Gasteiger partial charge in [0.25, 0.3) is 0 Å². The molecule has 1 unspecified atom stereocenters. The number of carbonyl (C=O) groups excluding carboxylic acids is 1. The molecule has 0 amide bonds. The van der Waals surface area contributed by atoms with Crippen LogP contribution >= 0.6 is 0 Å². The third-order valence-electron chi connectivity index (χ3n) is 3.23. The van der Waals surface area contributed by atoms with E-state index in [1.54, 1.807) is 6.20 Å². The number of ether oxygens (including phenoxy) is 1. The minimum atomic E-state index is -0.229. The zero-order valence-corrected chi connectivity index (χ0v) is 10.1. The number of hydrogen-bond acceptors (Lipinski definition) is 4. The summed E-state index contributed by atoms with van der Waals surface area (Å²) in [6.07, 6.45) is 1.79. The molecule has 18 heavy (non-hydrogen) atoms. The van der Waals surface area contributed by atoms with Crippen LogP contribution in [0.4, 0.5) is 5.69 Å². The van der Waals surface area contributed by atoms with E-state index >= 15 is 0 Å². The van der Waals surface area contributed by atoms with E-state index < -0.39 is 0 Å². The summed E-state index contributed by atoms with van der Waals surface area (Å²) in [7, 11) is 0. The van der Waals surface area contributed by atoms with Crippen LogP contribution in [0.25, 0.3) is 10.9 Å². The number of pyridine rings is 1. The summed E-state index contributed by atoms with van der Waals surface area (Å²) < 4.78 is 5.13. The van der Waals surface area contributed by atoms with Crippen molar-refractivity contribution in [2.75, 3.05) is 18.5 Å². The summed E-state index contributed by atoms with van der Waals surface area (Å²) in [5, 5.41) is 4.24. The Kier molecular flexibility index (Phi) is 2.63. The first-order valence-corrected chi connectivity index (χ1v) is 6.09. The van der Waals surface area contributed by atoms with Crippen LogP contribution in [-0.4, -0.2) is 24.1 Å². The molecule has 0 radical (unpaired) electrons. The van der Waals surface area contributed by atoms with Crippen molar-refractivity contribution in [1.82, 2.24) is 4.98 Å². The second kappa shape index (κ2) is 4.29. The average molecular weight is 242 g/mol. The highest BCUT2D eigenvalue weighted by molar-refractivity contribution is 5.95. The molecule has 1 aliphatic rings. The number of hydrogen-bond donors (Lipinski definition) is 1. The van der Waals surface area contributed by atoms with Crippen LogP contribution < -0.4 is 5.32 Å². The summed E-state index contributed by atoms with van der Waals surface area (Å²) in [6, 6.07) is 7.87. The number of fused-ring (bicyclic) bond motifs is 3. The van der Waals surface area contributed by atoms with E-state index in [-0.39, 0.29) is 11.9 Å². The first kappa shape index (κ1) is 11.0. The largest absolute Gasteiger partial charge is 0.465 e. The number of anilines is 1. The quantitative estimate of drug-likeness (QED) is 0.821. The van der Waals surface area contributed by atoms with Gasteiger partial charge < -0.3 is 10.1 Å². The molecule has 1 atom stereocenters. The van der Waals surface area contributed by atoms with Gasteiger partial charge in [-0.1, -0.05) is 18.2 Å². The lowest BCUT2D eigenvalue weighted by molar-refractivity contribution is -0.144. The van der Waals surface area contributed by atoms with Gasteiger partial charge >= 0.3 is 5.97 Å². The van der Waals surface area contributed by atoms with E-state index in [0.717, 1.165) is 22.2 Å². The molecule has 1 aromatic carbocycles. The summed E-state index contributed by atoms with van der Waals surface area (Å²) >= 11 is 0. The lowest BCUT2D eigenvalue weighted by Crippen LogP contribution is -2.17. The number of nitrogens with zero attached hydrogens (tertiary/aromatic N) is 1. The molecule has 0 saturated carbocycles. The zero-order chi connectivity index (χ0) is 12.5. The monoisotopic (exact) mass is 242 g/mol. The smallest absolute Gasteiger partial charge is 0.315 e. The molecule has 0 bridgehead atoms. The molecular weight excluding hydrogens is 228 g/mol. The van der Waals surface area contributed by atoms with Crippen molar-refractivity contribution >= 4 is 22.6 Å². The van der Waals surface area contributed by atoms with E-state index in [0.29, 0.717) is 13.2 Å². The van der Waals surface area contributed by atoms with Crippen LogP contribution in [0.5, 0.6) is 0 Å². The third-order valence-corrected chi connectivity index (χ3v) is 3.23. The Labute approximate surface area is 105 Å². The van der Waals surface area contributed by atoms with E-state index in [9.17, 15) is 4.79 Å². The standard InChI is InChI=1S/C14H14N2O2/c1-2-18-14(17)10-7-15-12-8-16-11-6-4-3-5-9(11)13(10)12/h3-6,8,10,15H,2,7H2,1H3. The Bertz CT molecular complexity index is 610. The predicted molar refractivity (Wildman–Crippen MR) is 69.6 cm³/mol. The minimum absolute atomic E-state index is 0.167. The van der Waals surface area contributed by atoms with Crippen LogP contribution in [0.2, 0.25) is 0 Å². The van der Waals surface area contributed by atoms with Crippen LogP contribution in [-0.2, 0) is 9.53 Å². The summed E-state index contributed by atoms with van der Waals surface area (Å²) in [6.45, 7) is 2.82. The van der Waals surface area contributed by atoms with Crippen molar-refractivity contribution in [2.45, 2.75) is 12.8 Å². The van der Waals surface area contributed by atoms with Crippen molar-refractivity contribution < 1.29 is 9.53 Å². The van der Waals surface area contributed by atoms with Crippen LogP contribution in [0.1, 0.15) is 18.4 Å². The lowest BCUT2D eigenvalue weighted by Gasteiger charge is -2.11. The van der Waals surface area contributed by atoms with E-state index in [2.05, 4.69) is 10.3 Å². The Morgan fingerprint density at radius 3 is 3.17 bits per heavy atom. The van der Waals surface area contributed by atoms with Gasteiger partial charge in [-0.3, -0.25) is 9.78 Å². The number of esters is 1. The molecule has 4 nitrogen and oxygen atoms in total. The van der Waals surface area contributed by atoms with Crippen molar-refractivity contribution in [1.29, 1.82) is 0 Å². The maximum absolute atomic E-state index is 12.0. The van der Waals surface area contributed by atoms with Gasteiger partial charge in [0.15, 0.2) is 0 Å². The van der Waals surface area contributed by atoms with Crippen molar-refractivity contribution in [3.8, 4) is 0 Å². The Morgan fingerprint density at radius 1 is 1.50 bits per heavy atom. The van der Waals surface area contributed by atoms with Crippen LogP contribution in [0.3, 0.4) is 0 Å². The van der Waals surface area contributed by atoms with Gasteiger partial charge in [0.05, 0.1) is 24.0 Å². The number of benzene rings is 1. The highest BCUT2D eigenvalue weighted by atomic mass is 16.5. The number of carbonyl (C=O) groups is 1. The van der Waals surface area contributed by atoms with Crippen LogP contribution in [0.15, 0.2) is 30.5 Å². The van der Waals surface area contributed by atoms with Gasteiger partial charge in [-0.15, -0.1) is 0 Å². The first-order valence-electron chi connectivity index (χ1n) is 6.09. The number of para-hydroxylation sites is 1. The van der Waals surface area contributed by atoms with Gasteiger partial charge in [-0.2, -0.15) is 0 Å². The average Bonchev–Trinajstić information content (AvgIpc) is 2.83. The topological polar surface area (TPSA) is 51.2 Å². The zero-order valence-electron chi connectivity index (χ0n) is 10.1. The molecule has 0 saturated heterocycles. The molecule has 2 heterocycles. The lowest BCUT2D eigenvalue weighted by atomic mass is 9.97. The highest BCUT2D eigenvalue weighted by Crippen LogP contribution is 2.36. The third kappa shape index (κ3) is 1.61. The number of nitrogens with one attached hydrogen (secondary N) is 1. The Hall–Kier alpha value is -2.10. The van der Waals surface area contributed by atoms with E-state index in [1.165, 1.54) is 0 Å². The first-order chi connectivity index (χ1) is 8.81. The maximum atomic E-state index is 12.0. The Balaban J connectivity index is 2.14. The van der Waals surface area contributed by atoms with E-state index in [1.807, 2.05) is 31.2 Å². The fourth-order valence-corrected chi connectivity index (χ4v) is 2.44. The highest BCUT2D eigenvalue weighted by Gasteiger charge is 2.31. The fraction of sp³-hybridized carbons (Fsp3) is 0.286. The molecule has 1 aliphatic heterocycles. The van der Waals surface area contributed by atoms with Crippen molar-refractivity contribution in [3.05, 3.63) is 36.0 Å². The normalized spacial score (nSPS) is 17.3. The molecule has 0 fully saturated rings. The molecular formula is C14H14N2O2. The molecule has 92 valence electrons.